The van der Waals surface area contributed by atoms with Gasteiger partial charge in [-0.3, -0.25) is 4.40 Å². The smallest absolute Gasteiger partial charge is 0.193 e. The molecule has 0 aliphatic carbocycles. The largest absolute Gasteiger partial charge is 0.310 e. The van der Waals surface area contributed by atoms with E-state index in [4.69, 9.17) is 0 Å². The summed E-state index contributed by atoms with van der Waals surface area (Å²) in [5, 5.41) is 5.13. The third kappa shape index (κ3) is 2.73. The number of fused-ring (bicyclic) bond motifs is 1. The number of sulfone groups is 1. The van der Waals surface area contributed by atoms with Crippen LogP contribution < -0.4 is 5.32 Å². The lowest BCUT2D eigenvalue weighted by Crippen LogP contribution is -2.41. The number of rotatable bonds is 5. The number of hydrogen-bond acceptors (Lipinski definition) is 5. The van der Waals surface area contributed by atoms with Crippen molar-refractivity contribution in [3.63, 3.8) is 0 Å². The minimum absolute atomic E-state index is 0.414. The second-order valence-corrected chi connectivity index (χ2v) is 8.48. The van der Waals surface area contributed by atoms with Crippen LogP contribution in [0.25, 0.3) is 4.96 Å². The van der Waals surface area contributed by atoms with Gasteiger partial charge in [0.15, 0.2) is 14.8 Å². The molecule has 0 aliphatic rings. The van der Waals surface area contributed by atoms with Crippen LogP contribution in [0, 0.1) is 0 Å². The van der Waals surface area contributed by atoms with Gasteiger partial charge in [0, 0.05) is 37.1 Å². The average molecular weight is 287 g/mol. The first-order chi connectivity index (χ1) is 8.29. The Morgan fingerprint density at radius 1 is 1.50 bits per heavy atom. The SMILES string of the molecule is CC(C)(CNCc1cn2ccsc2n1)S(C)(=O)=O. The molecule has 0 saturated carbocycles. The number of nitrogens with one attached hydrogen (secondary N) is 1. The van der Waals surface area contributed by atoms with Gasteiger partial charge in [0.2, 0.25) is 0 Å². The minimum Gasteiger partial charge on any atom is -0.310 e. The highest BCUT2D eigenvalue weighted by Gasteiger charge is 2.29. The van der Waals surface area contributed by atoms with Crippen LogP contribution in [0.2, 0.25) is 0 Å². The average Bonchev–Trinajstić information content (AvgIpc) is 2.75. The predicted molar refractivity (Wildman–Crippen MR) is 73.7 cm³/mol. The maximum Gasteiger partial charge on any atom is 0.193 e. The van der Waals surface area contributed by atoms with E-state index in [0.717, 1.165) is 10.7 Å². The number of thiazole rings is 1. The summed E-state index contributed by atoms with van der Waals surface area (Å²) in [4.78, 5) is 5.38. The van der Waals surface area contributed by atoms with Gasteiger partial charge in [0.1, 0.15) is 0 Å². The van der Waals surface area contributed by atoms with E-state index >= 15 is 0 Å². The zero-order valence-corrected chi connectivity index (χ0v) is 12.3. The van der Waals surface area contributed by atoms with Gasteiger partial charge >= 0.3 is 0 Å². The van der Waals surface area contributed by atoms with E-state index < -0.39 is 14.6 Å². The fraction of sp³-hybridized carbons (Fsp3) is 0.545. The molecule has 2 aromatic rings. The molecule has 2 aromatic heterocycles. The van der Waals surface area contributed by atoms with E-state index in [9.17, 15) is 8.42 Å². The van der Waals surface area contributed by atoms with Crippen LogP contribution in [-0.4, -0.2) is 35.4 Å². The van der Waals surface area contributed by atoms with Crippen LogP contribution in [0.5, 0.6) is 0 Å². The summed E-state index contributed by atoms with van der Waals surface area (Å²) in [5.74, 6) is 0. The van der Waals surface area contributed by atoms with Gasteiger partial charge in [0.05, 0.1) is 10.4 Å². The lowest BCUT2D eigenvalue weighted by molar-refractivity contribution is 0.520. The number of nitrogens with zero attached hydrogens (tertiary/aromatic N) is 2. The molecule has 0 spiro atoms. The van der Waals surface area contributed by atoms with Crippen LogP contribution in [0.4, 0.5) is 0 Å². The van der Waals surface area contributed by atoms with E-state index in [0.29, 0.717) is 13.1 Å². The number of imidazole rings is 1. The molecule has 0 aliphatic heterocycles. The number of hydrogen-bond donors (Lipinski definition) is 1. The molecule has 0 radical (unpaired) electrons. The maximum atomic E-state index is 11.5. The Labute approximate surface area is 111 Å². The predicted octanol–water partition coefficient (Wildman–Crippen LogP) is 1.31. The van der Waals surface area contributed by atoms with Crippen LogP contribution in [0.15, 0.2) is 17.8 Å². The standard InChI is InChI=1S/C11H17N3O2S2/c1-11(2,18(3,15)16)8-12-6-9-7-14-4-5-17-10(14)13-9/h4-5,7,12H,6,8H2,1-3H3. The van der Waals surface area contributed by atoms with Crippen molar-refractivity contribution >= 4 is 26.1 Å². The van der Waals surface area contributed by atoms with Gasteiger partial charge in [-0.15, -0.1) is 11.3 Å². The van der Waals surface area contributed by atoms with Crippen LogP contribution in [-0.2, 0) is 16.4 Å². The first-order valence-electron chi connectivity index (χ1n) is 5.61. The molecule has 0 fully saturated rings. The van der Waals surface area contributed by atoms with E-state index in [2.05, 4.69) is 10.3 Å². The van der Waals surface area contributed by atoms with Crippen molar-refractivity contribution in [1.29, 1.82) is 0 Å². The highest BCUT2D eigenvalue weighted by Crippen LogP contribution is 2.14. The second-order valence-electron chi connectivity index (χ2n) is 4.96. The Morgan fingerprint density at radius 3 is 2.83 bits per heavy atom. The van der Waals surface area contributed by atoms with Gasteiger partial charge < -0.3 is 5.32 Å². The molecule has 0 atom stereocenters. The first-order valence-corrected chi connectivity index (χ1v) is 8.38. The topological polar surface area (TPSA) is 63.5 Å². The quantitative estimate of drug-likeness (QED) is 0.900. The molecular formula is C11H17N3O2S2. The Morgan fingerprint density at radius 2 is 2.22 bits per heavy atom. The normalized spacial score (nSPS) is 13.3. The lowest BCUT2D eigenvalue weighted by atomic mass is 10.2. The maximum absolute atomic E-state index is 11.5. The Balaban J connectivity index is 1.95. The van der Waals surface area contributed by atoms with Gasteiger partial charge in [-0.1, -0.05) is 0 Å². The van der Waals surface area contributed by atoms with E-state index in [1.54, 1.807) is 25.2 Å². The molecule has 0 amide bonds. The van der Waals surface area contributed by atoms with E-state index in [1.807, 2.05) is 22.2 Å². The molecule has 2 rings (SSSR count). The van der Waals surface area contributed by atoms with Crippen LogP contribution >= 0.6 is 11.3 Å². The van der Waals surface area contributed by atoms with Gasteiger partial charge in [0.25, 0.3) is 0 Å². The molecule has 7 heteroatoms. The fourth-order valence-electron chi connectivity index (χ4n) is 1.48. The van der Waals surface area contributed by atoms with Crippen molar-refractivity contribution in [2.75, 3.05) is 12.8 Å². The van der Waals surface area contributed by atoms with E-state index in [-0.39, 0.29) is 0 Å². The highest BCUT2D eigenvalue weighted by molar-refractivity contribution is 7.92. The third-order valence-corrected chi connectivity index (χ3v) is 5.93. The molecular weight excluding hydrogens is 270 g/mol. The summed E-state index contributed by atoms with van der Waals surface area (Å²) in [6, 6.07) is 0. The first kappa shape index (κ1) is 13.5. The Hall–Kier alpha value is -0.920. The third-order valence-electron chi connectivity index (χ3n) is 3.00. The van der Waals surface area contributed by atoms with Crippen molar-refractivity contribution in [1.82, 2.24) is 14.7 Å². The second kappa shape index (κ2) is 4.64. The monoisotopic (exact) mass is 287 g/mol. The van der Waals surface area contributed by atoms with Crippen molar-refractivity contribution in [3.05, 3.63) is 23.5 Å². The summed E-state index contributed by atoms with van der Waals surface area (Å²) in [6.45, 7) is 4.44. The summed E-state index contributed by atoms with van der Waals surface area (Å²) in [5.41, 5.74) is 0.922. The molecule has 2 heterocycles. The molecule has 100 valence electrons. The zero-order chi connectivity index (χ0) is 13.4. The Kier molecular flexibility index (Phi) is 3.48. The molecule has 1 N–H and O–H groups in total. The highest BCUT2D eigenvalue weighted by atomic mass is 32.2. The van der Waals surface area contributed by atoms with Gasteiger partial charge in [-0.25, -0.2) is 13.4 Å². The van der Waals surface area contributed by atoms with Crippen molar-refractivity contribution in [2.45, 2.75) is 25.1 Å². The molecule has 5 nitrogen and oxygen atoms in total. The Bertz CT molecular complexity index is 612. The van der Waals surface area contributed by atoms with Crippen LogP contribution in [0.1, 0.15) is 19.5 Å². The molecule has 0 saturated heterocycles. The number of aromatic nitrogens is 2. The molecule has 0 bridgehead atoms. The lowest BCUT2D eigenvalue weighted by Gasteiger charge is -2.22. The molecule has 0 aromatic carbocycles. The van der Waals surface area contributed by atoms with Crippen molar-refractivity contribution < 1.29 is 8.42 Å². The summed E-state index contributed by atoms with van der Waals surface area (Å²) in [6.07, 6.45) is 5.17. The zero-order valence-electron chi connectivity index (χ0n) is 10.7. The fourth-order valence-corrected chi connectivity index (χ4v) is 2.57. The summed E-state index contributed by atoms with van der Waals surface area (Å²) < 4.78 is 24.3. The molecule has 18 heavy (non-hydrogen) atoms. The van der Waals surface area contributed by atoms with Crippen LogP contribution in [0.3, 0.4) is 0 Å². The van der Waals surface area contributed by atoms with Gasteiger partial charge in [-0.2, -0.15) is 0 Å². The molecule has 0 unspecified atom stereocenters. The summed E-state index contributed by atoms with van der Waals surface area (Å²) in [7, 11) is -3.06. The van der Waals surface area contributed by atoms with Gasteiger partial charge in [-0.05, 0) is 13.8 Å². The van der Waals surface area contributed by atoms with Crippen molar-refractivity contribution in [3.8, 4) is 0 Å². The summed E-state index contributed by atoms with van der Waals surface area (Å²) >= 11 is 1.58. The minimum atomic E-state index is -3.06. The van der Waals surface area contributed by atoms with E-state index in [1.165, 1.54) is 6.26 Å². The van der Waals surface area contributed by atoms with Crippen molar-refractivity contribution in [2.24, 2.45) is 0 Å².